The summed E-state index contributed by atoms with van der Waals surface area (Å²) in [6.45, 7) is 6.46. The lowest BCUT2D eigenvalue weighted by molar-refractivity contribution is -0.138. The predicted octanol–water partition coefficient (Wildman–Crippen LogP) is 3.30. The van der Waals surface area contributed by atoms with Gasteiger partial charge in [0.1, 0.15) is 23.8 Å². The van der Waals surface area contributed by atoms with Crippen molar-refractivity contribution in [1.29, 1.82) is 0 Å². The quantitative estimate of drug-likeness (QED) is 0.923. The Balaban J connectivity index is 1.73. The van der Waals surface area contributed by atoms with Gasteiger partial charge in [0.2, 0.25) is 5.91 Å². The second-order valence-corrected chi connectivity index (χ2v) is 6.83. The van der Waals surface area contributed by atoms with Gasteiger partial charge in [-0.1, -0.05) is 6.92 Å². The maximum absolute atomic E-state index is 12.9. The van der Waals surface area contributed by atoms with Crippen LogP contribution in [0.4, 0.5) is 0 Å². The van der Waals surface area contributed by atoms with Crippen molar-refractivity contribution >= 4 is 11.8 Å². The minimum Gasteiger partial charge on any atom is -0.472 e. The van der Waals surface area contributed by atoms with Crippen molar-refractivity contribution < 1.29 is 18.4 Å². The minimum absolute atomic E-state index is 0.0850. The lowest BCUT2D eigenvalue weighted by atomic mass is 9.90. The SMILES string of the molecule is Cc1ccc(C2CC(C)CCN2C(=O)C(C)NC(=O)c2ccoc2)o1. The van der Waals surface area contributed by atoms with Gasteiger partial charge in [-0.25, -0.2) is 0 Å². The van der Waals surface area contributed by atoms with Crippen LogP contribution in [0.3, 0.4) is 0 Å². The second kappa shape index (κ2) is 7.17. The van der Waals surface area contributed by atoms with Crippen LogP contribution in [0, 0.1) is 12.8 Å². The minimum atomic E-state index is -0.616. The Hall–Kier alpha value is -2.50. The molecule has 6 heteroatoms. The first kappa shape index (κ1) is 17.3. The number of rotatable bonds is 4. The largest absolute Gasteiger partial charge is 0.472 e. The zero-order chi connectivity index (χ0) is 18.0. The van der Waals surface area contributed by atoms with Gasteiger partial charge >= 0.3 is 0 Å². The third kappa shape index (κ3) is 3.78. The van der Waals surface area contributed by atoms with Crippen molar-refractivity contribution in [3.05, 3.63) is 47.8 Å². The van der Waals surface area contributed by atoms with E-state index in [4.69, 9.17) is 8.83 Å². The van der Waals surface area contributed by atoms with Gasteiger partial charge < -0.3 is 19.1 Å². The molecule has 3 rings (SSSR count). The monoisotopic (exact) mass is 344 g/mol. The number of likely N-dealkylation sites (tertiary alicyclic amines) is 1. The summed E-state index contributed by atoms with van der Waals surface area (Å²) >= 11 is 0. The van der Waals surface area contributed by atoms with Crippen LogP contribution >= 0.6 is 0 Å². The molecule has 1 saturated heterocycles. The highest BCUT2D eigenvalue weighted by Crippen LogP contribution is 2.35. The van der Waals surface area contributed by atoms with Gasteiger partial charge in [-0.15, -0.1) is 0 Å². The maximum atomic E-state index is 12.9. The van der Waals surface area contributed by atoms with Gasteiger partial charge in [-0.05, 0) is 50.8 Å². The fraction of sp³-hybridized carbons (Fsp3) is 0.474. The van der Waals surface area contributed by atoms with Crippen LogP contribution in [-0.4, -0.2) is 29.3 Å². The van der Waals surface area contributed by atoms with Crippen LogP contribution in [0.2, 0.25) is 0 Å². The lowest BCUT2D eigenvalue weighted by Gasteiger charge is -2.38. The first-order valence-corrected chi connectivity index (χ1v) is 8.65. The molecule has 1 N–H and O–H groups in total. The number of carbonyl (C=O) groups excluding carboxylic acids is 2. The summed E-state index contributed by atoms with van der Waals surface area (Å²) < 4.78 is 10.7. The van der Waals surface area contributed by atoms with E-state index in [2.05, 4.69) is 12.2 Å². The molecule has 0 bridgehead atoms. The normalized spacial score (nSPS) is 21.8. The molecule has 1 aliphatic heterocycles. The predicted molar refractivity (Wildman–Crippen MR) is 91.9 cm³/mol. The van der Waals surface area contributed by atoms with Crippen LogP contribution in [0.5, 0.6) is 0 Å². The van der Waals surface area contributed by atoms with Crippen LogP contribution in [0.15, 0.2) is 39.6 Å². The molecule has 0 radical (unpaired) electrons. The molecule has 2 aromatic heterocycles. The Morgan fingerprint density at radius 2 is 2.12 bits per heavy atom. The van der Waals surface area contributed by atoms with E-state index >= 15 is 0 Å². The molecule has 1 fully saturated rings. The highest BCUT2D eigenvalue weighted by Gasteiger charge is 2.35. The van der Waals surface area contributed by atoms with E-state index in [0.717, 1.165) is 24.4 Å². The number of carbonyl (C=O) groups is 2. The summed E-state index contributed by atoms with van der Waals surface area (Å²) in [4.78, 5) is 26.9. The topological polar surface area (TPSA) is 75.7 Å². The van der Waals surface area contributed by atoms with E-state index < -0.39 is 6.04 Å². The zero-order valence-corrected chi connectivity index (χ0v) is 14.8. The standard InChI is InChI=1S/C19H24N2O4/c1-12-6-8-21(16(10-12)17-5-4-13(2)25-17)19(23)14(3)20-18(22)15-7-9-24-11-15/h4-5,7,9,11-12,14,16H,6,8,10H2,1-3H3,(H,20,22). The van der Waals surface area contributed by atoms with Crippen molar-refractivity contribution in [2.45, 2.75) is 45.7 Å². The molecule has 0 saturated carbocycles. The molecule has 3 unspecified atom stereocenters. The molecule has 2 aromatic rings. The number of aryl methyl sites for hydroxylation is 1. The summed E-state index contributed by atoms with van der Waals surface area (Å²) in [5, 5.41) is 2.75. The maximum Gasteiger partial charge on any atom is 0.255 e. The van der Waals surface area contributed by atoms with Gasteiger partial charge in [0.05, 0.1) is 17.9 Å². The van der Waals surface area contributed by atoms with Crippen LogP contribution < -0.4 is 5.32 Å². The van der Waals surface area contributed by atoms with E-state index in [0.29, 0.717) is 18.0 Å². The van der Waals surface area contributed by atoms with Crippen molar-refractivity contribution in [3.8, 4) is 0 Å². The number of furan rings is 2. The van der Waals surface area contributed by atoms with Gasteiger partial charge in [-0.2, -0.15) is 0 Å². The molecule has 25 heavy (non-hydrogen) atoms. The van der Waals surface area contributed by atoms with E-state index in [9.17, 15) is 9.59 Å². The lowest BCUT2D eigenvalue weighted by Crippen LogP contribution is -2.50. The van der Waals surface area contributed by atoms with Gasteiger partial charge in [-0.3, -0.25) is 9.59 Å². The Labute approximate surface area is 147 Å². The Bertz CT molecular complexity index is 734. The van der Waals surface area contributed by atoms with Crippen LogP contribution in [0.1, 0.15) is 54.6 Å². The van der Waals surface area contributed by atoms with E-state index in [-0.39, 0.29) is 17.9 Å². The summed E-state index contributed by atoms with van der Waals surface area (Å²) in [5.74, 6) is 1.76. The molecule has 134 valence electrons. The van der Waals surface area contributed by atoms with Gasteiger partial charge in [0.25, 0.3) is 5.91 Å². The van der Waals surface area contributed by atoms with E-state index in [1.54, 1.807) is 13.0 Å². The Morgan fingerprint density at radius 1 is 1.32 bits per heavy atom. The van der Waals surface area contributed by atoms with E-state index in [1.165, 1.54) is 12.5 Å². The molecule has 0 aliphatic carbocycles. The number of hydrogen-bond acceptors (Lipinski definition) is 4. The molecular formula is C19H24N2O4. The fourth-order valence-electron chi connectivity index (χ4n) is 3.29. The Morgan fingerprint density at radius 3 is 2.76 bits per heavy atom. The summed E-state index contributed by atoms with van der Waals surface area (Å²) in [5.41, 5.74) is 0.408. The van der Waals surface area contributed by atoms with Crippen molar-refractivity contribution in [2.24, 2.45) is 5.92 Å². The van der Waals surface area contributed by atoms with Crippen molar-refractivity contribution in [2.75, 3.05) is 6.54 Å². The summed E-state index contributed by atoms with van der Waals surface area (Å²) in [7, 11) is 0. The third-order valence-electron chi connectivity index (χ3n) is 4.74. The third-order valence-corrected chi connectivity index (χ3v) is 4.74. The van der Waals surface area contributed by atoms with Crippen LogP contribution in [0.25, 0.3) is 0 Å². The fourth-order valence-corrected chi connectivity index (χ4v) is 3.29. The van der Waals surface area contributed by atoms with Crippen molar-refractivity contribution in [1.82, 2.24) is 10.2 Å². The molecular weight excluding hydrogens is 320 g/mol. The van der Waals surface area contributed by atoms with Crippen molar-refractivity contribution in [3.63, 3.8) is 0 Å². The number of amides is 2. The first-order valence-electron chi connectivity index (χ1n) is 8.65. The molecule has 6 nitrogen and oxygen atoms in total. The summed E-state index contributed by atoms with van der Waals surface area (Å²) in [6.07, 6.45) is 4.61. The number of piperidine rings is 1. The number of hydrogen-bond donors (Lipinski definition) is 1. The smallest absolute Gasteiger partial charge is 0.255 e. The molecule has 0 spiro atoms. The second-order valence-electron chi connectivity index (χ2n) is 6.83. The zero-order valence-electron chi connectivity index (χ0n) is 14.8. The first-order chi connectivity index (χ1) is 12.0. The highest BCUT2D eigenvalue weighted by molar-refractivity contribution is 5.97. The molecule has 3 heterocycles. The average molecular weight is 344 g/mol. The number of nitrogens with one attached hydrogen (secondary N) is 1. The molecule has 2 amide bonds. The average Bonchev–Trinajstić information content (AvgIpc) is 3.25. The van der Waals surface area contributed by atoms with Gasteiger partial charge in [0, 0.05) is 6.54 Å². The van der Waals surface area contributed by atoms with Crippen LogP contribution in [-0.2, 0) is 4.79 Å². The summed E-state index contributed by atoms with van der Waals surface area (Å²) in [6, 6.07) is 4.73. The molecule has 1 aliphatic rings. The molecule has 3 atom stereocenters. The Kier molecular flexibility index (Phi) is 4.97. The van der Waals surface area contributed by atoms with E-state index in [1.807, 2.05) is 24.0 Å². The highest BCUT2D eigenvalue weighted by atomic mass is 16.3. The molecule has 0 aromatic carbocycles. The van der Waals surface area contributed by atoms with Gasteiger partial charge in [0.15, 0.2) is 0 Å². The number of nitrogens with zero attached hydrogens (tertiary/aromatic N) is 1.